The minimum atomic E-state index is -0.733. The Labute approximate surface area is 129 Å². The summed E-state index contributed by atoms with van der Waals surface area (Å²) in [6.45, 7) is 1.97. The molecule has 0 saturated heterocycles. The summed E-state index contributed by atoms with van der Waals surface area (Å²) in [4.78, 5) is 13.8. The third kappa shape index (κ3) is 2.61. The van der Waals surface area contributed by atoms with Crippen LogP contribution in [-0.4, -0.2) is 18.2 Å². The third-order valence-electron chi connectivity index (χ3n) is 3.71. The number of hydrogen-bond donors (Lipinski definition) is 1. The van der Waals surface area contributed by atoms with Crippen molar-refractivity contribution in [2.75, 3.05) is 11.9 Å². The number of aryl methyl sites for hydroxylation is 1. The number of ether oxygens (including phenoxy) is 1. The maximum Gasteiger partial charge on any atom is 0.419 e. The maximum atomic E-state index is 12.3. The maximum absolute atomic E-state index is 12.3. The molecule has 112 valence electrons. The zero-order valence-electron chi connectivity index (χ0n) is 12.5. The average Bonchev–Trinajstić information content (AvgIpc) is 2.83. The van der Waals surface area contributed by atoms with E-state index in [1.165, 1.54) is 4.90 Å². The van der Waals surface area contributed by atoms with Crippen LogP contribution < -0.4 is 4.90 Å². The second kappa shape index (κ2) is 5.66. The number of hydrogen-bond acceptors (Lipinski definition) is 3. The predicted molar refractivity (Wildman–Crippen MR) is 85.4 cm³/mol. The first kappa shape index (κ1) is 14.4. The predicted octanol–water partition coefficient (Wildman–Crippen LogP) is 3.66. The zero-order chi connectivity index (χ0) is 15.7. The van der Waals surface area contributed by atoms with Crippen LogP contribution in [0.5, 0.6) is 0 Å². The minimum Gasteiger partial charge on any atom is -0.410 e. The number of benzene rings is 2. The van der Waals surface area contributed by atoms with Gasteiger partial charge in [0.25, 0.3) is 0 Å². The minimum absolute atomic E-state index is 0.396. The van der Waals surface area contributed by atoms with Gasteiger partial charge in [0.2, 0.25) is 0 Å². The molecule has 0 spiro atoms. The van der Waals surface area contributed by atoms with Gasteiger partial charge in [-0.1, -0.05) is 36.4 Å². The fourth-order valence-corrected chi connectivity index (χ4v) is 2.50. The second-order valence-electron chi connectivity index (χ2n) is 5.33. The SMILES string of the molecule is Cc1cccc(N(C)C(=O)OC2=CC(O)c3ccccc32)c1. The van der Waals surface area contributed by atoms with Crippen molar-refractivity contribution in [1.29, 1.82) is 0 Å². The van der Waals surface area contributed by atoms with Gasteiger partial charge in [0.05, 0.1) is 0 Å². The first-order chi connectivity index (χ1) is 10.6. The van der Waals surface area contributed by atoms with Crippen molar-refractivity contribution in [3.05, 3.63) is 71.3 Å². The third-order valence-corrected chi connectivity index (χ3v) is 3.71. The first-order valence-electron chi connectivity index (χ1n) is 7.07. The van der Waals surface area contributed by atoms with Crippen molar-refractivity contribution < 1.29 is 14.6 Å². The highest BCUT2D eigenvalue weighted by atomic mass is 16.6. The number of nitrogens with zero attached hydrogens (tertiary/aromatic N) is 1. The summed E-state index contributed by atoms with van der Waals surface area (Å²) in [5.74, 6) is 0.396. The number of aliphatic hydroxyl groups excluding tert-OH is 1. The molecule has 1 aliphatic carbocycles. The van der Waals surface area contributed by atoms with Gasteiger partial charge >= 0.3 is 6.09 Å². The van der Waals surface area contributed by atoms with Crippen LogP contribution in [0.25, 0.3) is 5.76 Å². The van der Waals surface area contributed by atoms with Gasteiger partial charge in [0.1, 0.15) is 11.9 Å². The van der Waals surface area contributed by atoms with E-state index in [4.69, 9.17) is 4.74 Å². The topological polar surface area (TPSA) is 49.8 Å². The molecule has 3 rings (SSSR count). The van der Waals surface area contributed by atoms with Gasteiger partial charge in [0.15, 0.2) is 0 Å². The molecule has 0 aromatic heterocycles. The Morgan fingerprint density at radius 2 is 1.95 bits per heavy atom. The molecule has 0 heterocycles. The summed E-state index contributed by atoms with van der Waals surface area (Å²) in [6.07, 6.45) is 0.330. The van der Waals surface area contributed by atoms with E-state index in [9.17, 15) is 9.90 Å². The molecular formula is C18H17NO3. The van der Waals surface area contributed by atoms with Crippen LogP contribution >= 0.6 is 0 Å². The number of aliphatic hydroxyl groups is 1. The number of carbonyl (C=O) groups excluding carboxylic acids is 1. The van der Waals surface area contributed by atoms with E-state index in [-0.39, 0.29) is 0 Å². The zero-order valence-corrected chi connectivity index (χ0v) is 12.5. The molecule has 0 radical (unpaired) electrons. The van der Waals surface area contributed by atoms with Crippen molar-refractivity contribution in [3.63, 3.8) is 0 Å². The van der Waals surface area contributed by atoms with E-state index in [1.54, 1.807) is 13.1 Å². The molecule has 1 atom stereocenters. The largest absolute Gasteiger partial charge is 0.419 e. The fourth-order valence-electron chi connectivity index (χ4n) is 2.50. The number of carbonyl (C=O) groups is 1. The van der Waals surface area contributed by atoms with Gasteiger partial charge < -0.3 is 9.84 Å². The molecule has 4 nitrogen and oxygen atoms in total. The molecule has 0 fully saturated rings. The summed E-state index contributed by atoms with van der Waals surface area (Å²) in [7, 11) is 1.66. The van der Waals surface area contributed by atoms with E-state index >= 15 is 0 Å². The molecule has 1 amide bonds. The Morgan fingerprint density at radius 3 is 2.73 bits per heavy atom. The molecule has 2 aromatic rings. The van der Waals surface area contributed by atoms with E-state index in [0.29, 0.717) is 5.76 Å². The standard InChI is InChI=1S/C18H17NO3/c1-12-6-5-7-13(10-12)19(2)18(21)22-17-11-16(20)14-8-3-4-9-15(14)17/h3-11,16,20H,1-2H3. The normalized spacial score (nSPS) is 16.0. The lowest BCUT2D eigenvalue weighted by molar-refractivity contribution is 0.200. The van der Waals surface area contributed by atoms with Gasteiger partial charge in [-0.15, -0.1) is 0 Å². The molecule has 4 heteroatoms. The van der Waals surface area contributed by atoms with Gasteiger partial charge in [-0.3, -0.25) is 4.90 Å². The number of amides is 1. The number of fused-ring (bicyclic) bond motifs is 1. The van der Waals surface area contributed by atoms with E-state index in [2.05, 4.69) is 0 Å². The lowest BCUT2D eigenvalue weighted by Gasteiger charge is -2.18. The van der Waals surface area contributed by atoms with Crippen molar-refractivity contribution in [1.82, 2.24) is 0 Å². The highest BCUT2D eigenvalue weighted by molar-refractivity contribution is 5.91. The van der Waals surface area contributed by atoms with Crippen LogP contribution in [0.1, 0.15) is 22.8 Å². The summed E-state index contributed by atoms with van der Waals surface area (Å²) < 4.78 is 5.45. The Bertz CT molecular complexity index is 752. The van der Waals surface area contributed by atoms with E-state index in [0.717, 1.165) is 22.4 Å². The Kier molecular flexibility index (Phi) is 3.69. The van der Waals surface area contributed by atoms with E-state index in [1.807, 2.05) is 55.5 Å². The molecule has 1 unspecified atom stereocenters. The molecule has 22 heavy (non-hydrogen) atoms. The van der Waals surface area contributed by atoms with Crippen LogP contribution in [0.3, 0.4) is 0 Å². The van der Waals surface area contributed by atoms with Crippen LogP contribution in [0, 0.1) is 6.92 Å². The lowest BCUT2D eigenvalue weighted by Crippen LogP contribution is -2.26. The smallest absolute Gasteiger partial charge is 0.410 e. The molecule has 0 bridgehead atoms. The van der Waals surface area contributed by atoms with Gasteiger partial charge in [0, 0.05) is 18.3 Å². The van der Waals surface area contributed by atoms with Gasteiger partial charge in [-0.2, -0.15) is 0 Å². The van der Waals surface area contributed by atoms with Crippen LogP contribution in [0.2, 0.25) is 0 Å². The summed E-state index contributed by atoms with van der Waals surface area (Å²) in [6, 6.07) is 15.0. The molecule has 1 aliphatic rings. The van der Waals surface area contributed by atoms with Crippen molar-refractivity contribution >= 4 is 17.5 Å². The van der Waals surface area contributed by atoms with Crippen molar-refractivity contribution in [2.45, 2.75) is 13.0 Å². The van der Waals surface area contributed by atoms with Crippen molar-refractivity contribution in [3.8, 4) is 0 Å². The Balaban J connectivity index is 1.79. The van der Waals surface area contributed by atoms with Crippen LogP contribution in [0.15, 0.2) is 54.6 Å². The van der Waals surface area contributed by atoms with Gasteiger partial charge in [-0.25, -0.2) is 4.79 Å². The summed E-state index contributed by atoms with van der Waals surface area (Å²) in [5.41, 5.74) is 3.33. The molecular weight excluding hydrogens is 278 g/mol. The van der Waals surface area contributed by atoms with Crippen LogP contribution in [0.4, 0.5) is 10.5 Å². The van der Waals surface area contributed by atoms with Crippen molar-refractivity contribution in [2.24, 2.45) is 0 Å². The first-order valence-corrected chi connectivity index (χ1v) is 7.07. The Morgan fingerprint density at radius 1 is 1.18 bits per heavy atom. The average molecular weight is 295 g/mol. The molecule has 0 saturated carbocycles. The van der Waals surface area contributed by atoms with Crippen LogP contribution in [-0.2, 0) is 4.74 Å². The highest BCUT2D eigenvalue weighted by Crippen LogP contribution is 2.35. The monoisotopic (exact) mass is 295 g/mol. The fraction of sp³-hybridized carbons (Fsp3) is 0.167. The Hall–Kier alpha value is -2.59. The molecule has 2 aromatic carbocycles. The highest BCUT2D eigenvalue weighted by Gasteiger charge is 2.25. The number of anilines is 1. The second-order valence-corrected chi connectivity index (χ2v) is 5.33. The summed E-state index contributed by atoms with van der Waals surface area (Å²) >= 11 is 0. The molecule has 0 aliphatic heterocycles. The number of rotatable bonds is 2. The quantitative estimate of drug-likeness (QED) is 0.920. The molecule has 1 N–H and O–H groups in total. The van der Waals surface area contributed by atoms with Gasteiger partial charge in [-0.05, 0) is 36.3 Å². The van der Waals surface area contributed by atoms with E-state index < -0.39 is 12.2 Å². The lowest BCUT2D eigenvalue weighted by atomic mass is 10.1. The summed E-state index contributed by atoms with van der Waals surface area (Å²) in [5, 5.41) is 9.98.